The van der Waals surface area contributed by atoms with E-state index in [2.05, 4.69) is 21.3 Å². The van der Waals surface area contributed by atoms with Crippen LogP contribution >= 0.6 is 22.6 Å². The standard InChI is InChI=1S/C32H50F3IN6O6S/c1-31(2,3)23(18-41(7)49(8,47)48)39-30(46)40-26(32(4,5)6)29(45)42-16-14-21(36)25(42)28(44)38-22(17-24(34)35)27(43)37-15-13-19-11-9-10-12-20(19)33/h9-12,21-26H,13-18H2,1-8H3,(H,37,43)(H,38,44)(H2,39,40,46)/t21?,22-,23+,25-,26+/m0/s1. The zero-order valence-corrected chi connectivity index (χ0v) is 32.3. The van der Waals surface area contributed by atoms with E-state index in [1.54, 1.807) is 26.8 Å². The van der Waals surface area contributed by atoms with Gasteiger partial charge in [-0.1, -0.05) is 82.3 Å². The van der Waals surface area contributed by atoms with Crippen molar-refractivity contribution in [2.75, 3.05) is 32.9 Å². The number of alkyl halides is 3. The molecule has 1 aromatic carbocycles. The minimum absolute atomic E-state index is 0.0225. The third kappa shape index (κ3) is 12.9. The van der Waals surface area contributed by atoms with Crippen LogP contribution in [0.3, 0.4) is 0 Å². The van der Waals surface area contributed by atoms with Gasteiger partial charge in [0.05, 0.1) is 6.26 Å². The van der Waals surface area contributed by atoms with Crippen molar-refractivity contribution >= 4 is 56.4 Å². The number of nitrogens with one attached hydrogen (secondary N) is 4. The second-order valence-electron chi connectivity index (χ2n) is 14.5. The second kappa shape index (κ2) is 17.5. The van der Waals surface area contributed by atoms with Gasteiger partial charge in [-0.05, 0) is 35.3 Å². The highest BCUT2D eigenvalue weighted by Gasteiger charge is 2.46. The van der Waals surface area contributed by atoms with E-state index in [0.29, 0.717) is 12.0 Å². The van der Waals surface area contributed by atoms with Crippen LogP contribution in [0.2, 0.25) is 0 Å². The topological polar surface area (TPSA) is 157 Å². The largest absolute Gasteiger partial charge is 0.354 e. The van der Waals surface area contributed by atoms with Gasteiger partial charge in [0.2, 0.25) is 34.2 Å². The monoisotopic (exact) mass is 830 g/mol. The lowest BCUT2D eigenvalue weighted by Crippen LogP contribution is -2.62. The molecule has 0 aliphatic carbocycles. The lowest BCUT2D eigenvalue weighted by molar-refractivity contribution is -0.142. The summed E-state index contributed by atoms with van der Waals surface area (Å²) in [6, 6.07) is 0.709. The number of likely N-dealkylation sites (N-methyl/N-ethyl adjacent to an activating group) is 1. The molecule has 1 saturated heterocycles. The van der Waals surface area contributed by atoms with E-state index >= 15 is 0 Å². The fourth-order valence-electron chi connectivity index (χ4n) is 5.19. The quantitative estimate of drug-likeness (QED) is 0.167. The Hall–Kier alpha value is -2.67. The summed E-state index contributed by atoms with van der Waals surface area (Å²) in [4.78, 5) is 55.2. The zero-order valence-electron chi connectivity index (χ0n) is 29.3. The number of carbonyl (C=O) groups is 4. The highest BCUT2D eigenvalue weighted by molar-refractivity contribution is 14.1. The number of sulfonamides is 1. The summed E-state index contributed by atoms with van der Waals surface area (Å²) >= 11 is 2.00. The number of likely N-dealkylation sites (tertiary alicyclic amines) is 1. The summed E-state index contributed by atoms with van der Waals surface area (Å²) in [5.74, 6) is -2.72. The highest BCUT2D eigenvalue weighted by Crippen LogP contribution is 2.30. The zero-order chi connectivity index (χ0) is 37.5. The summed E-state index contributed by atoms with van der Waals surface area (Å²) < 4.78 is 65.8. The molecular weight excluding hydrogens is 780 g/mol. The summed E-state index contributed by atoms with van der Waals surface area (Å²) in [6.45, 7) is 10.7. The van der Waals surface area contributed by atoms with E-state index in [1.807, 2.05) is 43.4 Å². The molecule has 0 radical (unpaired) electrons. The maximum atomic E-state index is 14.1. The van der Waals surface area contributed by atoms with Gasteiger partial charge >= 0.3 is 6.03 Å². The van der Waals surface area contributed by atoms with Crippen molar-refractivity contribution in [1.82, 2.24) is 30.5 Å². The number of amides is 5. The van der Waals surface area contributed by atoms with Gasteiger partial charge in [-0.25, -0.2) is 30.7 Å². The van der Waals surface area contributed by atoms with E-state index < -0.39 is 91.4 Å². The first-order chi connectivity index (χ1) is 22.4. The second-order valence-corrected chi connectivity index (χ2v) is 18.2. The van der Waals surface area contributed by atoms with E-state index in [9.17, 15) is 40.8 Å². The molecule has 2 rings (SSSR count). The summed E-state index contributed by atoms with van der Waals surface area (Å²) in [5, 5.41) is 10.4. The number of carbonyl (C=O) groups excluding carboxylic acids is 4. The SMILES string of the molecule is CN(C[C@@H](NC(=O)N[C@H](C(=O)N1CCC(I)[C@H]1C(=O)N[C@@H](CC(F)F)C(=O)NCCc1ccccc1F)C(C)(C)C)C(C)(C)C)S(C)(=O)=O. The molecule has 0 saturated carbocycles. The van der Waals surface area contributed by atoms with E-state index in [0.717, 1.165) is 10.6 Å². The Morgan fingerprint density at radius 1 is 1.02 bits per heavy atom. The number of benzene rings is 1. The average molecular weight is 831 g/mol. The number of urea groups is 1. The molecule has 0 bridgehead atoms. The van der Waals surface area contributed by atoms with Gasteiger partial charge in [0, 0.05) is 43.1 Å². The van der Waals surface area contributed by atoms with Crippen LogP contribution in [0.5, 0.6) is 0 Å². The Morgan fingerprint density at radius 2 is 1.63 bits per heavy atom. The molecule has 0 aromatic heterocycles. The molecule has 5 amide bonds. The Kier molecular flexibility index (Phi) is 15.2. The van der Waals surface area contributed by atoms with Gasteiger partial charge in [0.25, 0.3) is 0 Å². The Labute approximate surface area is 301 Å². The molecule has 5 atom stereocenters. The third-order valence-corrected chi connectivity index (χ3v) is 10.9. The molecule has 49 heavy (non-hydrogen) atoms. The Balaban J connectivity index is 2.22. The Morgan fingerprint density at radius 3 is 2.16 bits per heavy atom. The molecule has 17 heteroatoms. The molecule has 1 heterocycles. The minimum atomic E-state index is -3.54. The summed E-state index contributed by atoms with van der Waals surface area (Å²) in [6.07, 6.45) is -2.35. The van der Waals surface area contributed by atoms with Crippen molar-refractivity contribution in [3.05, 3.63) is 35.6 Å². The van der Waals surface area contributed by atoms with E-state index in [4.69, 9.17) is 0 Å². The first kappa shape index (κ1) is 42.5. The van der Waals surface area contributed by atoms with Crippen LogP contribution in [0, 0.1) is 16.6 Å². The number of hydrogen-bond donors (Lipinski definition) is 4. The van der Waals surface area contributed by atoms with Gasteiger partial charge in [-0.3, -0.25) is 14.4 Å². The van der Waals surface area contributed by atoms with Crippen LogP contribution in [0.25, 0.3) is 0 Å². The van der Waals surface area contributed by atoms with Crippen LogP contribution in [0.1, 0.15) is 59.9 Å². The number of halogens is 4. The minimum Gasteiger partial charge on any atom is -0.354 e. The maximum absolute atomic E-state index is 14.1. The predicted octanol–water partition coefficient (Wildman–Crippen LogP) is 3.05. The van der Waals surface area contributed by atoms with Crippen molar-refractivity contribution in [1.29, 1.82) is 0 Å². The van der Waals surface area contributed by atoms with Crippen LogP contribution in [-0.2, 0) is 30.8 Å². The molecule has 1 unspecified atom stereocenters. The van der Waals surface area contributed by atoms with Gasteiger partial charge in [0.1, 0.15) is 23.9 Å². The average Bonchev–Trinajstić information content (AvgIpc) is 3.35. The first-order valence-corrected chi connectivity index (χ1v) is 19.0. The highest BCUT2D eigenvalue weighted by atomic mass is 127. The number of rotatable bonds is 14. The summed E-state index contributed by atoms with van der Waals surface area (Å²) in [7, 11) is -2.14. The van der Waals surface area contributed by atoms with Crippen molar-refractivity contribution in [3.8, 4) is 0 Å². The molecule has 4 N–H and O–H groups in total. The molecule has 1 aliphatic rings. The van der Waals surface area contributed by atoms with Gasteiger partial charge in [0.15, 0.2) is 0 Å². The van der Waals surface area contributed by atoms with Gasteiger partial charge < -0.3 is 26.2 Å². The molecule has 0 spiro atoms. The summed E-state index contributed by atoms with van der Waals surface area (Å²) in [5.41, 5.74) is -1.09. The lowest BCUT2D eigenvalue weighted by Gasteiger charge is -2.38. The fraction of sp³-hybridized carbons (Fsp3) is 0.688. The molecule has 12 nitrogen and oxygen atoms in total. The molecule has 1 aliphatic heterocycles. The molecule has 278 valence electrons. The van der Waals surface area contributed by atoms with E-state index in [-0.39, 0.29) is 26.1 Å². The molecule has 1 aromatic rings. The molecule has 1 fully saturated rings. The normalized spacial score (nSPS) is 18.9. The lowest BCUT2D eigenvalue weighted by atomic mass is 9.85. The van der Waals surface area contributed by atoms with Crippen molar-refractivity contribution in [2.45, 2.75) is 95.3 Å². The smallest absolute Gasteiger partial charge is 0.315 e. The maximum Gasteiger partial charge on any atom is 0.315 e. The van der Waals surface area contributed by atoms with E-state index in [1.165, 1.54) is 30.1 Å². The van der Waals surface area contributed by atoms with Crippen LogP contribution in [0.15, 0.2) is 24.3 Å². The van der Waals surface area contributed by atoms with Crippen LogP contribution in [0.4, 0.5) is 18.0 Å². The molecular formula is C32H50F3IN6O6S. The van der Waals surface area contributed by atoms with Gasteiger partial charge in [-0.15, -0.1) is 0 Å². The Bertz CT molecular complexity index is 1440. The van der Waals surface area contributed by atoms with Crippen LogP contribution in [-0.4, -0.2) is 109 Å². The van der Waals surface area contributed by atoms with Crippen molar-refractivity contribution in [2.24, 2.45) is 10.8 Å². The van der Waals surface area contributed by atoms with Gasteiger partial charge in [-0.2, -0.15) is 0 Å². The number of nitrogens with zero attached hydrogens (tertiary/aromatic N) is 2. The number of hydrogen-bond acceptors (Lipinski definition) is 6. The van der Waals surface area contributed by atoms with Crippen molar-refractivity contribution in [3.63, 3.8) is 0 Å². The predicted molar refractivity (Wildman–Crippen MR) is 189 cm³/mol. The van der Waals surface area contributed by atoms with Crippen molar-refractivity contribution < 1.29 is 40.8 Å². The first-order valence-electron chi connectivity index (χ1n) is 16.0. The third-order valence-electron chi connectivity index (χ3n) is 8.32. The fourth-order valence-corrected chi connectivity index (χ4v) is 6.61. The van der Waals surface area contributed by atoms with Crippen LogP contribution < -0.4 is 21.3 Å².